The molecule has 0 radical (unpaired) electrons. The maximum Gasteiger partial charge on any atom is 0.410 e. The molecule has 1 aromatic rings. The van der Waals surface area contributed by atoms with Gasteiger partial charge in [0.05, 0.1) is 11.6 Å². The largest absolute Gasteiger partial charge is 0.444 e. The molecule has 0 aliphatic carbocycles. The summed E-state index contributed by atoms with van der Waals surface area (Å²) in [6.07, 6.45) is 0.609. The van der Waals surface area contributed by atoms with Crippen molar-refractivity contribution in [1.82, 2.24) is 9.96 Å². The lowest BCUT2D eigenvalue weighted by Gasteiger charge is -2.26. The van der Waals surface area contributed by atoms with E-state index >= 15 is 0 Å². The summed E-state index contributed by atoms with van der Waals surface area (Å²) in [4.78, 5) is 31.7. The van der Waals surface area contributed by atoms with Gasteiger partial charge in [-0.3, -0.25) is 0 Å². The van der Waals surface area contributed by atoms with Crippen LogP contribution in [0.4, 0.5) is 4.79 Å². The first-order valence-corrected chi connectivity index (χ1v) is 8.35. The number of ether oxygens (including phenoxy) is 1. The van der Waals surface area contributed by atoms with Gasteiger partial charge in [0.25, 0.3) is 0 Å². The van der Waals surface area contributed by atoms with Crippen molar-refractivity contribution < 1.29 is 19.2 Å². The molecule has 0 saturated carbocycles. The Balaban J connectivity index is 1.59. The zero-order valence-electron chi connectivity index (χ0n) is 14.4. The van der Waals surface area contributed by atoms with Gasteiger partial charge in [0.2, 0.25) is 0 Å². The molecule has 130 valence electrons. The molecule has 3 rings (SSSR count). The van der Waals surface area contributed by atoms with Crippen molar-refractivity contribution >= 4 is 12.1 Å². The third-order valence-electron chi connectivity index (χ3n) is 4.36. The van der Waals surface area contributed by atoms with Crippen molar-refractivity contribution in [2.24, 2.45) is 5.92 Å². The molecule has 6 nitrogen and oxygen atoms in total. The lowest BCUT2D eigenvalue weighted by Crippen LogP contribution is -2.40. The summed E-state index contributed by atoms with van der Waals surface area (Å²) in [5.74, 6) is -0.0342. The van der Waals surface area contributed by atoms with Crippen LogP contribution in [0, 0.1) is 5.92 Å². The van der Waals surface area contributed by atoms with Crippen molar-refractivity contribution in [3.63, 3.8) is 0 Å². The molecular formula is C18H24N2O4. The van der Waals surface area contributed by atoms with E-state index in [0.29, 0.717) is 31.1 Å². The summed E-state index contributed by atoms with van der Waals surface area (Å²) in [7, 11) is 0. The minimum Gasteiger partial charge on any atom is -0.444 e. The number of hydrogen-bond donors (Lipinski definition) is 0. The second-order valence-electron chi connectivity index (χ2n) is 7.39. The fraction of sp³-hybridized carbons (Fsp3) is 0.556. The first-order valence-electron chi connectivity index (χ1n) is 8.35. The van der Waals surface area contributed by atoms with E-state index < -0.39 is 5.60 Å². The van der Waals surface area contributed by atoms with E-state index in [9.17, 15) is 9.59 Å². The standard InChI is InChI=1S/C18H24N2O4/c1-18(2,3)23-17(22)19-11-14-9-10-20(15(14)12-19)24-16(21)13-7-5-4-6-8-13/h4-8,14-15H,9-12H2,1-3H3/t14-,15+/m1/s1. The topological polar surface area (TPSA) is 59.1 Å². The molecule has 2 saturated heterocycles. The number of amides is 1. The van der Waals surface area contributed by atoms with Crippen molar-refractivity contribution in [2.75, 3.05) is 19.6 Å². The molecule has 2 fully saturated rings. The molecule has 0 spiro atoms. The van der Waals surface area contributed by atoms with E-state index in [1.54, 1.807) is 22.1 Å². The van der Waals surface area contributed by atoms with Crippen LogP contribution in [0.25, 0.3) is 0 Å². The highest BCUT2D eigenvalue weighted by atomic mass is 16.7. The van der Waals surface area contributed by atoms with E-state index in [1.807, 2.05) is 39.0 Å². The van der Waals surface area contributed by atoms with Crippen LogP contribution in [0.15, 0.2) is 30.3 Å². The van der Waals surface area contributed by atoms with Crippen LogP contribution in [0.2, 0.25) is 0 Å². The minimum atomic E-state index is -0.506. The number of hydrogen-bond acceptors (Lipinski definition) is 5. The molecule has 0 unspecified atom stereocenters. The molecule has 2 aliphatic heterocycles. The highest BCUT2D eigenvalue weighted by Gasteiger charge is 2.45. The van der Waals surface area contributed by atoms with Gasteiger partial charge in [0, 0.05) is 19.6 Å². The number of nitrogens with zero attached hydrogens (tertiary/aromatic N) is 2. The number of carbonyl (C=O) groups is 2. The predicted octanol–water partition coefficient (Wildman–Crippen LogP) is 2.70. The quantitative estimate of drug-likeness (QED) is 0.833. The Labute approximate surface area is 142 Å². The zero-order chi connectivity index (χ0) is 17.3. The number of benzene rings is 1. The van der Waals surface area contributed by atoms with Crippen LogP contribution >= 0.6 is 0 Å². The zero-order valence-corrected chi connectivity index (χ0v) is 14.4. The summed E-state index contributed by atoms with van der Waals surface area (Å²) >= 11 is 0. The third kappa shape index (κ3) is 3.70. The molecule has 2 atom stereocenters. The Bertz CT molecular complexity index is 611. The average molecular weight is 332 g/mol. The fourth-order valence-electron chi connectivity index (χ4n) is 3.25. The Kier molecular flexibility index (Phi) is 4.49. The Morgan fingerprint density at radius 3 is 2.50 bits per heavy atom. The average Bonchev–Trinajstić information content (AvgIpc) is 3.08. The molecule has 24 heavy (non-hydrogen) atoms. The van der Waals surface area contributed by atoms with Gasteiger partial charge in [-0.05, 0) is 45.2 Å². The second kappa shape index (κ2) is 6.43. The van der Waals surface area contributed by atoms with Gasteiger partial charge < -0.3 is 14.5 Å². The molecule has 0 bridgehead atoms. The predicted molar refractivity (Wildman–Crippen MR) is 88.3 cm³/mol. The summed E-state index contributed by atoms with van der Waals surface area (Å²) in [6.45, 7) is 7.46. The van der Waals surface area contributed by atoms with Crippen LogP contribution in [-0.2, 0) is 9.57 Å². The Morgan fingerprint density at radius 2 is 1.83 bits per heavy atom. The highest BCUT2D eigenvalue weighted by Crippen LogP contribution is 2.32. The number of fused-ring (bicyclic) bond motifs is 1. The van der Waals surface area contributed by atoms with Crippen molar-refractivity contribution in [3.05, 3.63) is 35.9 Å². The SMILES string of the molecule is CC(C)(C)OC(=O)N1C[C@H]2CCN(OC(=O)c3ccccc3)[C@H]2C1. The van der Waals surface area contributed by atoms with Crippen molar-refractivity contribution in [2.45, 2.75) is 38.8 Å². The number of carbonyl (C=O) groups excluding carboxylic acids is 2. The third-order valence-corrected chi connectivity index (χ3v) is 4.36. The summed E-state index contributed by atoms with van der Waals surface area (Å²) in [5.41, 5.74) is 0.0248. The van der Waals surface area contributed by atoms with Gasteiger partial charge in [0.1, 0.15) is 5.60 Å². The van der Waals surface area contributed by atoms with Crippen LogP contribution < -0.4 is 0 Å². The first-order chi connectivity index (χ1) is 11.3. The van der Waals surface area contributed by atoms with Crippen LogP contribution in [-0.4, -0.2) is 53.3 Å². The van der Waals surface area contributed by atoms with Gasteiger partial charge in [-0.15, -0.1) is 5.06 Å². The Hall–Kier alpha value is -2.08. The monoisotopic (exact) mass is 332 g/mol. The lowest BCUT2D eigenvalue weighted by atomic mass is 10.1. The molecule has 1 aromatic carbocycles. The van der Waals surface area contributed by atoms with E-state index in [-0.39, 0.29) is 18.1 Å². The highest BCUT2D eigenvalue weighted by molar-refractivity contribution is 5.89. The molecule has 6 heteroatoms. The molecule has 2 heterocycles. The van der Waals surface area contributed by atoms with Gasteiger partial charge in [-0.2, -0.15) is 0 Å². The molecule has 0 N–H and O–H groups in total. The van der Waals surface area contributed by atoms with Gasteiger partial charge in [-0.1, -0.05) is 18.2 Å². The van der Waals surface area contributed by atoms with E-state index in [0.717, 1.165) is 6.42 Å². The number of likely N-dealkylation sites (tertiary alicyclic amines) is 1. The second-order valence-corrected chi connectivity index (χ2v) is 7.39. The molecule has 1 amide bonds. The van der Waals surface area contributed by atoms with Crippen LogP contribution in [0.3, 0.4) is 0 Å². The van der Waals surface area contributed by atoms with Gasteiger partial charge in [-0.25, -0.2) is 9.59 Å². The summed E-state index contributed by atoms with van der Waals surface area (Å²) < 4.78 is 5.43. The van der Waals surface area contributed by atoms with E-state index in [4.69, 9.17) is 9.57 Å². The number of rotatable bonds is 2. The van der Waals surface area contributed by atoms with Crippen molar-refractivity contribution in [1.29, 1.82) is 0 Å². The number of hydroxylamine groups is 2. The molecular weight excluding hydrogens is 308 g/mol. The van der Waals surface area contributed by atoms with E-state index in [1.165, 1.54) is 0 Å². The van der Waals surface area contributed by atoms with E-state index in [2.05, 4.69) is 0 Å². The van der Waals surface area contributed by atoms with Gasteiger partial charge in [0.15, 0.2) is 0 Å². The maximum atomic E-state index is 12.2. The summed E-state index contributed by atoms with van der Waals surface area (Å²) in [5, 5.41) is 1.73. The lowest BCUT2D eigenvalue weighted by molar-refractivity contribution is -0.120. The molecule has 2 aliphatic rings. The maximum absolute atomic E-state index is 12.2. The fourth-order valence-corrected chi connectivity index (χ4v) is 3.25. The van der Waals surface area contributed by atoms with Crippen molar-refractivity contribution in [3.8, 4) is 0 Å². The molecule has 0 aromatic heterocycles. The smallest absolute Gasteiger partial charge is 0.410 e. The van der Waals surface area contributed by atoms with Crippen LogP contribution in [0.1, 0.15) is 37.6 Å². The summed E-state index contributed by atoms with van der Waals surface area (Å²) in [6, 6.07) is 8.99. The normalized spacial score (nSPS) is 23.9. The first kappa shape index (κ1) is 16.8. The van der Waals surface area contributed by atoms with Gasteiger partial charge >= 0.3 is 12.1 Å². The minimum absolute atomic E-state index is 0.0465. The van der Waals surface area contributed by atoms with Crippen LogP contribution in [0.5, 0.6) is 0 Å². The Morgan fingerprint density at radius 1 is 1.12 bits per heavy atom.